The van der Waals surface area contributed by atoms with Crippen molar-refractivity contribution in [1.29, 1.82) is 0 Å². The average molecular weight is 315 g/mol. The van der Waals surface area contributed by atoms with Crippen molar-refractivity contribution in [1.82, 2.24) is 0 Å². The maximum absolute atomic E-state index is 12.9. The summed E-state index contributed by atoms with van der Waals surface area (Å²) >= 11 is 6.28. The third kappa shape index (κ3) is 2.38. The molecule has 2 aromatic carbocycles. The quantitative estimate of drug-likeness (QED) is 0.644. The largest absolute Gasteiger partial charge is 0.497 e. The van der Waals surface area contributed by atoms with Crippen molar-refractivity contribution in [2.45, 2.75) is 13.3 Å². The number of methoxy groups -OCH3 is 1. The summed E-state index contributed by atoms with van der Waals surface area (Å²) in [7, 11) is 1.59. The zero-order valence-corrected chi connectivity index (χ0v) is 13.1. The number of hydrogen-bond donors (Lipinski definition) is 0. The van der Waals surface area contributed by atoms with E-state index >= 15 is 0 Å². The zero-order chi connectivity index (χ0) is 15.7. The third-order valence-corrected chi connectivity index (χ3v) is 3.95. The summed E-state index contributed by atoms with van der Waals surface area (Å²) in [5, 5.41) is 1.21. The number of furan rings is 1. The number of fused-ring (bicyclic) bond motifs is 1. The number of carbonyl (C=O) groups is 1. The van der Waals surface area contributed by atoms with Crippen LogP contribution in [-0.2, 0) is 6.42 Å². The van der Waals surface area contributed by atoms with E-state index in [0.29, 0.717) is 45.0 Å². The molecule has 0 fully saturated rings. The lowest BCUT2D eigenvalue weighted by Crippen LogP contribution is -2.03. The Morgan fingerprint density at radius 2 is 1.91 bits per heavy atom. The Labute approximate surface area is 133 Å². The minimum absolute atomic E-state index is 0.0913. The maximum atomic E-state index is 12.9. The zero-order valence-electron chi connectivity index (χ0n) is 12.4. The lowest BCUT2D eigenvalue weighted by molar-refractivity contribution is 0.103. The Balaban J connectivity index is 2.17. The highest BCUT2D eigenvalue weighted by molar-refractivity contribution is 6.37. The molecule has 0 radical (unpaired) electrons. The Morgan fingerprint density at radius 1 is 1.18 bits per heavy atom. The van der Waals surface area contributed by atoms with Gasteiger partial charge in [0.2, 0.25) is 0 Å². The van der Waals surface area contributed by atoms with E-state index in [2.05, 4.69) is 0 Å². The summed E-state index contributed by atoms with van der Waals surface area (Å²) in [6, 6.07) is 12.4. The standard InChI is InChI=1S/C18H15ClO3/c1-3-14-17(16-13(19)5-4-6-15(16)22-14)18(20)11-7-9-12(21-2)10-8-11/h4-10H,3H2,1-2H3. The van der Waals surface area contributed by atoms with Gasteiger partial charge >= 0.3 is 0 Å². The average Bonchev–Trinajstić information content (AvgIpc) is 2.94. The van der Waals surface area contributed by atoms with E-state index < -0.39 is 0 Å². The summed E-state index contributed by atoms with van der Waals surface area (Å²) in [4.78, 5) is 12.9. The molecule has 112 valence electrons. The van der Waals surface area contributed by atoms with E-state index in [-0.39, 0.29) is 5.78 Å². The number of benzene rings is 2. The number of hydrogen-bond acceptors (Lipinski definition) is 3. The molecule has 0 spiro atoms. The summed E-state index contributed by atoms with van der Waals surface area (Å²) in [6.07, 6.45) is 0.627. The minimum atomic E-state index is -0.0913. The first-order valence-electron chi connectivity index (χ1n) is 7.04. The maximum Gasteiger partial charge on any atom is 0.197 e. The van der Waals surface area contributed by atoms with E-state index in [0.717, 1.165) is 0 Å². The van der Waals surface area contributed by atoms with Crippen molar-refractivity contribution in [2.24, 2.45) is 0 Å². The first-order chi connectivity index (χ1) is 10.7. The van der Waals surface area contributed by atoms with Gasteiger partial charge in [0, 0.05) is 12.0 Å². The molecule has 4 heteroatoms. The number of ether oxygens (including phenoxy) is 1. The van der Waals surface area contributed by atoms with Crippen LogP contribution in [0.4, 0.5) is 0 Å². The van der Waals surface area contributed by atoms with Gasteiger partial charge in [-0.05, 0) is 36.4 Å². The molecule has 22 heavy (non-hydrogen) atoms. The second-order valence-electron chi connectivity index (χ2n) is 4.92. The molecule has 0 aliphatic heterocycles. The Hall–Kier alpha value is -2.26. The van der Waals surface area contributed by atoms with Crippen LogP contribution in [0.5, 0.6) is 5.75 Å². The normalized spacial score (nSPS) is 10.9. The molecule has 0 atom stereocenters. The molecule has 3 nitrogen and oxygen atoms in total. The van der Waals surface area contributed by atoms with Crippen LogP contribution in [0.1, 0.15) is 28.6 Å². The molecule has 0 saturated heterocycles. The number of carbonyl (C=O) groups excluding carboxylic acids is 1. The third-order valence-electron chi connectivity index (χ3n) is 3.64. The van der Waals surface area contributed by atoms with Crippen molar-refractivity contribution < 1.29 is 13.9 Å². The molecule has 0 bridgehead atoms. The van der Waals surface area contributed by atoms with Crippen molar-refractivity contribution in [3.63, 3.8) is 0 Å². The highest BCUT2D eigenvalue weighted by atomic mass is 35.5. The first kappa shape index (κ1) is 14.7. The number of halogens is 1. The fourth-order valence-electron chi connectivity index (χ4n) is 2.53. The van der Waals surface area contributed by atoms with E-state index in [9.17, 15) is 4.79 Å². The van der Waals surface area contributed by atoms with E-state index in [1.54, 1.807) is 37.4 Å². The van der Waals surface area contributed by atoms with Crippen LogP contribution in [0.2, 0.25) is 5.02 Å². The number of aryl methyl sites for hydroxylation is 1. The second-order valence-corrected chi connectivity index (χ2v) is 5.33. The van der Waals surface area contributed by atoms with Crippen LogP contribution < -0.4 is 4.74 Å². The molecule has 0 aliphatic rings. The lowest BCUT2D eigenvalue weighted by Gasteiger charge is -2.04. The van der Waals surface area contributed by atoms with E-state index in [1.165, 1.54) is 0 Å². The molecule has 0 saturated carbocycles. The number of ketones is 1. The molecule has 0 unspecified atom stereocenters. The van der Waals surface area contributed by atoms with Gasteiger partial charge in [-0.1, -0.05) is 24.6 Å². The van der Waals surface area contributed by atoms with E-state index in [1.807, 2.05) is 19.1 Å². The van der Waals surface area contributed by atoms with Gasteiger partial charge in [0.1, 0.15) is 17.1 Å². The van der Waals surface area contributed by atoms with Gasteiger partial charge in [-0.25, -0.2) is 0 Å². The van der Waals surface area contributed by atoms with Gasteiger partial charge in [0.25, 0.3) is 0 Å². The first-order valence-corrected chi connectivity index (χ1v) is 7.42. The van der Waals surface area contributed by atoms with Crippen LogP contribution >= 0.6 is 11.6 Å². The number of rotatable bonds is 4. The Kier molecular flexibility index (Phi) is 3.90. The highest BCUT2D eigenvalue weighted by Gasteiger charge is 2.22. The van der Waals surface area contributed by atoms with E-state index in [4.69, 9.17) is 20.8 Å². The van der Waals surface area contributed by atoms with Crippen molar-refractivity contribution in [3.8, 4) is 5.75 Å². The van der Waals surface area contributed by atoms with Gasteiger partial charge in [0.15, 0.2) is 5.78 Å². The molecule has 0 amide bonds. The molecular weight excluding hydrogens is 300 g/mol. The Morgan fingerprint density at radius 3 is 2.55 bits per heavy atom. The molecule has 3 aromatic rings. The van der Waals surface area contributed by atoms with Gasteiger partial charge < -0.3 is 9.15 Å². The summed E-state index contributed by atoms with van der Waals surface area (Å²) in [5.74, 6) is 1.28. The molecule has 3 rings (SSSR count). The van der Waals surface area contributed by atoms with Crippen LogP contribution in [0.3, 0.4) is 0 Å². The van der Waals surface area contributed by atoms with Gasteiger partial charge in [-0.3, -0.25) is 4.79 Å². The molecule has 0 aliphatic carbocycles. The fraction of sp³-hybridized carbons (Fsp3) is 0.167. The lowest BCUT2D eigenvalue weighted by atomic mass is 9.99. The minimum Gasteiger partial charge on any atom is -0.497 e. The molecular formula is C18H15ClO3. The SMILES string of the molecule is CCc1oc2cccc(Cl)c2c1C(=O)c1ccc(OC)cc1. The molecule has 0 N–H and O–H groups in total. The summed E-state index contributed by atoms with van der Waals surface area (Å²) in [6.45, 7) is 1.95. The van der Waals surface area contributed by atoms with Crippen molar-refractivity contribution in [3.05, 3.63) is 64.4 Å². The molecule has 1 aromatic heterocycles. The van der Waals surface area contributed by atoms with Crippen LogP contribution in [0.15, 0.2) is 46.9 Å². The monoisotopic (exact) mass is 314 g/mol. The van der Waals surface area contributed by atoms with Crippen LogP contribution in [0, 0.1) is 0 Å². The summed E-state index contributed by atoms with van der Waals surface area (Å²) in [5.41, 5.74) is 1.77. The molecule has 1 heterocycles. The summed E-state index contributed by atoms with van der Waals surface area (Å²) < 4.78 is 10.9. The van der Waals surface area contributed by atoms with Gasteiger partial charge in [0.05, 0.1) is 23.1 Å². The fourth-order valence-corrected chi connectivity index (χ4v) is 2.79. The predicted octanol–water partition coefficient (Wildman–Crippen LogP) is 4.89. The Bertz CT molecular complexity index is 831. The topological polar surface area (TPSA) is 39.4 Å². The van der Waals surface area contributed by atoms with Gasteiger partial charge in [-0.2, -0.15) is 0 Å². The van der Waals surface area contributed by atoms with Crippen LogP contribution in [0.25, 0.3) is 11.0 Å². The van der Waals surface area contributed by atoms with Crippen molar-refractivity contribution in [2.75, 3.05) is 7.11 Å². The highest BCUT2D eigenvalue weighted by Crippen LogP contribution is 2.33. The second kappa shape index (κ2) is 5.85. The van der Waals surface area contributed by atoms with Gasteiger partial charge in [-0.15, -0.1) is 0 Å². The van der Waals surface area contributed by atoms with Crippen LogP contribution in [-0.4, -0.2) is 12.9 Å². The van der Waals surface area contributed by atoms with Crippen molar-refractivity contribution >= 4 is 28.4 Å². The smallest absolute Gasteiger partial charge is 0.197 e. The predicted molar refractivity (Wildman–Crippen MR) is 87.0 cm³/mol.